The highest BCUT2D eigenvalue weighted by atomic mass is 16.7. The summed E-state index contributed by atoms with van der Waals surface area (Å²) in [5.74, 6) is 0.480. The molecule has 1 aliphatic heterocycles. The Kier molecular flexibility index (Phi) is 2.40. The van der Waals surface area contributed by atoms with Crippen molar-refractivity contribution in [1.82, 2.24) is 0 Å². The fourth-order valence-electron chi connectivity index (χ4n) is 1.84. The van der Waals surface area contributed by atoms with Crippen LogP contribution >= 0.6 is 0 Å². The van der Waals surface area contributed by atoms with Crippen molar-refractivity contribution in [1.29, 1.82) is 0 Å². The van der Waals surface area contributed by atoms with Crippen LogP contribution in [0.25, 0.3) is 11.0 Å². The zero-order chi connectivity index (χ0) is 11.0. The SMILES string of the molecule is OC(c1cc2ccccc2o1)C1OCCO1. The van der Waals surface area contributed by atoms with Gasteiger partial charge in [-0.05, 0) is 12.1 Å². The van der Waals surface area contributed by atoms with Gasteiger partial charge in [0, 0.05) is 5.39 Å². The highest BCUT2D eigenvalue weighted by Crippen LogP contribution is 2.28. The van der Waals surface area contributed by atoms with Crippen molar-refractivity contribution in [2.45, 2.75) is 12.4 Å². The molecular formula is C12H12O4. The van der Waals surface area contributed by atoms with Gasteiger partial charge in [0.15, 0.2) is 12.4 Å². The van der Waals surface area contributed by atoms with Crippen LogP contribution in [0.1, 0.15) is 11.9 Å². The zero-order valence-corrected chi connectivity index (χ0v) is 8.63. The molecular weight excluding hydrogens is 208 g/mol. The van der Waals surface area contributed by atoms with E-state index in [0.717, 1.165) is 11.0 Å². The number of fused-ring (bicyclic) bond motifs is 1. The van der Waals surface area contributed by atoms with Gasteiger partial charge in [-0.15, -0.1) is 0 Å². The predicted molar refractivity (Wildman–Crippen MR) is 56.9 cm³/mol. The molecule has 1 aromatic heterocycles. The van der Waals surface area contributed by atoms with Crippen LogP contribution in [0.3, 0.4) is 0 Å². The maximum atomic E-state index is 9.98. The lowest BCUT2D eigenvalue weighted by atomic mass is 10.2. The Balaban J connectivity index is 1.92. The summed E-state index contributed by atoms with van der Waals surface area (Å²) >= 11 is 0. The van der Waals surface area contributed by atoms with Crippen molar-refractivity contribution in [3.8, 4) is 0 Å². The number of para-hydroxylation sites is 1. The van der Waals surface area contributed by atoms with Gasteiger partial charge in [0.25, 0.3) is 0 Å². The first-order chi connectivity index (χ1) is 7.84. The molecule has 0 radical (unpaired) electrons. The Morgan fingerprint density at radius 3 is 2.69 bits per heavy atom. The largest absolute Gasteiger partial charge is 0.458 e. The predicted octanol–water partition coefficient (Wildman–Crippen LogP) is 1.84. The van der Waals surface area contributed by atoms with Crippen LogP contribution < -0.4 is 0 Å². The molecule has 1 N–H and O–H groups in total. The van der Waals surface area contributed by atoms with Gasteiger partial charge in [-0.3, -0.25) is 0 Å². The molecule has 0 saturated carbocycles. The summed E-state index contributed by atoms with van der Waals surface area (Å²) < 4.78 is 16.0. The number of ether oxygens (including phenoxy) is 2. The van der Waals surface area contributed by atoms with Crippen molar-refractivity contribution in [3.05, 3.63) is 36.1 Å². The van der Waals surface area contributed by atoms with E-state index in [0.29, 0.717) is 19.0 Å². The molecule has 0 amide bonds. The summed E-state index contributed by atoms with van der Waals surface area (Å²) in [6.07, 6.45) is -1.48. The fourth-order valence-corrected chi connectivity index (χ4v) is 1.84. The van der Waals surface area contributed by atoms with E-state index in [4.69, 9.17) is 13.9 Å². The minimum Gasteiger partial charge on any atom is -0.458 e. The van der Waals surface area contributed by atoms with Crippen LogP contribution in [0.2, 0.25) is 0 Å². The third-order valence-corrected chi connectivity index (χ3v) is 2.64. The molecule has 84 valence electrons. The second-order valence-corrected chi connectivity index (χ2v) is 3.74. The Morgan fingerprint density at radius 2 is 1.94 bits per heavy atom. The first-order valence-corrected chi connectivity index (χ1v) is 5.24. The number of rotatable bonds is 2. The summed E-state index contributed by atoms with van der Waals surface area (Å²) in [7, 11) is 0. The molecule has 3 rings (SSSR count). The van der Waals surface area contributed by atoms with E-state index in [9.17, 15) is 5.11 Å². The standard InChI is InChI=1S/C12H12O4/c13-11(12-14-5-6-15-12)10-7-8-3-1-2-4-9(8)16-10/h1-4,7,11-13H,5-6H2. The van der Waals surface area contributed by atoms with Gasteiger partial charge in [0.05, 0.1) is 13.2 Å². The molecule has 2 aromatic rings. The molecule has 1 aromatic carbocycles. The molecule has 0 aliphatic carbocycles. The van der Waals surface area contributed by atoms with Gasteiger partial charge in [-0.2, -0.15) is 0 Å². The topological polar surface area (TPSA) is 51.8 Å². The van der Waals surface area contributed by atoms with Gasteiger partial charge >= 0.3 is 0 Å². The van der Waals surface area contributed by atoms with E-state index in [1.165, 1.54) is 0 Å². The molecule has 1 atom stereocenters. The Hall–Kier alpha value is -1.36. The molecule has 1 aliphatic rings. The number of aliphatic hydroxyl groups excluding tert-OH is 1. The van der Waals surface area contributed by atoms with Gasteiger partial charge < -0.3 is 19.0 Å². The lowest BCUT2D eigenvalue weighted by Gasteiger charge is -2.13. The molecule has 1 saturated heterocycles. The third kappa shape index (κ3) is 1.61. The van der Waals surface area contributed by atoms with E-state index in [1.807, 2.05) is 30.3 Å². The van der Waals surface area contributed by atoms with Crippen LogP contribution in [-0.4, -0.2) is 24.6 Å². The summed E-state index contributed by atoms with van der Waals surface area (Å²) in [6.45, 7) is 1.03. The molecule has 0 spiro atoms. The minimum atomic E-state index is -0.866. The van der Waals surface area contributed by atoms with Crippen molar-refractivity contribution < 1.29 is 19.0 Å². The lowest BCUT2D eigenvalue weighted by Crippen LogP contribution is -2.18. The normalized spacial score (nSPS) is 19.3. The van der Waals surface area contributed by atoms with Crippen molar-refractivity contribution in [2.24, 2.45) is 0 Å². The van der Waals surface area contributed by atoms with E-state index >= 15 is 0 Å². The van der Waals surface area contributed by atoms with Gasteiger partial charge in [0.1, 0.15) is 11.3 Å². The summed E-state index contributed by atoms with van der Waals surface area (Å²) in [4.78, 5) is 0. The summed E-state index contributed by atoms with van der Waals surface area (Å²) in [5.41, 5.74) is 0.759. The zero-order valence-electron chi connectivity index (χ0n) is 8.63. The number of hydrogen-bond donors (Lipinski definition) is 1. The molecule has 1 unspecified atom stereocenters. The van der Waals surface area contributed by atoms with Crippen molar-refractivity contribution >= 4 is 11.0 Å². The fraction of sp³-hybridized carbons (Fsp3) is 0.333. The highest BCUT2D eigenvalue weighted by molar-refractivity contribution is 5.77. The smallest absolute Gasteiger partial charge is 0.190 e. The second-order valence-electron chi connectivity index (χ2n) is 3.74. The molecule has 16 heavy (non-hydrogen) atoms. The molecule has 4 heteroatoms. The average molecular weight is 220 g/mol. The first-order valence-electron chi connectivity index (χ1n) is 5.24. The van der Waals surface area contributed by atoms with Crippen LogP contribution in [-0.2, 0) is 9.47 Å². The van der Waals surface area contributed by atoms with Crippen molar-refractivity contribution in [2.75, 3.05) is 13.2 Å². The number of furan rings is 1. The van der Waals surface area contributed by atoms with Crippen molar-refractivity contribution in [3.63, 3.8) is 0 Å². The Morgan fingerprint density at radius 1 is 1.19 bits per heavy atom. The molecule has 4 nitrogen and oxygen atoms in total. The van der Waals surface area contributed by atoms with Crippen LogP contribution in [0.5, 0.6) is 0 Å². The Labute approximate surface area is 92.4 Å². The highest BCUT2D eigenvalue weighted by Gasteiger charge is 2.28. The molecule has 0 bridgehead atoms. The van der Waals surface area contributed by atoms with Crippen LogP contribution in [0.15, 0.2) is 34.7 Å². The van der Waals surface area contributed by atoms with Gasteiger partial charge in [-0.1, -0.05) is 18.2 Å². The van der Waals surface area contributed by atoms with E-state index in [1.54, 1.807) is 0 Å². The molecule has 1 fully saturated rings. The summed E-state index contributed by atoms with van der Waals surface area (Å²) in [6, 6.07) is 9.43. The summed E-state index contributed by atoms with van der Waals surface area (Å²) in [5, 5.41) is 10.9. The average Bonchev–Trinajstić information content (AvgIpc) is 2.97. The molecule has 2 heterocycles. The minimum absolute atomic E-state index is 0.480. The van der Waals surface area contributed by atoms with Gasteiger partial charge in [0.2, 0.25) is 0 Å². The number of hydrogen-bond acceptors (Lipinski definition) is 4. The van der Waals surface area contributed by atoms with Gasteiger partial charge in [-0.25, -0.2) is 0 Å². The lowest BCUT2D eigenvalue weighted by molar-refractivity contribution is -0.127. The quantitative estimate of drug-likeness (QED) is 0.839. The monoisotopic (exact) mass is 220 g/mol. The number of benzene rings is 1. The maximum Gasteiger partial charge on any atom is 0.190 e. The van der Waals surface area contributed by atoms with Crippen LogP contribution in [0, 0.1) is 0 Å². The first kappa shape index (κ1) is 9.84. The second kappa shape index (κ2) is 3.90. The van der Waals surface area contributed by atoms with E-state index in [2.05, 4.69) is 0 Å². The Bertz CT molecular complexity index is 451. The number of aliphatic hydroxyl groups is 1. The van der Waals surface area contributed by atoms with Crippen LogP contribution in [0.4, 0.5) is 0 Å². The maximum absolute atomic E-state index is 9.98. The van der Waals surface area contributed by atoms with E-state index in [-0.39, 0.29) is 0 Å². The third-order valence-electron chi connectivity index (χ3n) is 2.64. The van der Waals surface area contributed by atoms with E-state index < -0.39 is 12.4 Å².